The van der Waals surface area contributed by atoms with Gasteiger partial charge in [0.2, 0.25) is 0 Å². The Balaban J connectivity index is 2.13. The van der Waals surface area contributed by atoms with E-state index in [0.717, 1.165) is 19.3 Å². The summed E-state index contributed by atoms with van der Waals surface area (Å²) in [5.41, 5.74) is 0.138. The van der Waals surface area contributed by atoms with E-state index in [1.54, 1.807) is 12.1 Å². The highest BCUT2D eigenvalue weighted by atomic mass is 35.5. The van der Waals surface area contributed by atoms with E-state index in [1.165, 1.54) is 6.07 Å². The average Bonchev–Trinajstić information content (AvgIpc) is 2.36. The van der Waals surface area contributed by atoms with Gasteiger partial charge in [0.1, 0.15) is 11.3 Å². The predicted octanol–water partition coefficient (Wildman–Crippen LogP) is 4.24. The van der Waals surface area contributed by atoms with Crippen LogP contribution in [0.4, 0.5) is 0 Å². The summed E-state index contributed by atoms with van der Waals surface area (Å²) in [5.74, 6) is 0.738. The highest BCUT2D eigenvalue weighted by Gasteiger charge is 2.26. The van der Waals surface area contributed by atoms with Crippen molar-refractivity contribution in [3.05, 3.63) is 28.8 Å². The van der Waals surface area contributed by atoms with Gasteiger partial charge in [-0.15, -0.1) is 0 Å². The largest absolute Gasteiger partial charge is 0.490 e. The molecule has 3 unspecified atom stereocenters. The molecule has 4 heteroatoms. The van der Waals surface area contributed by atoms with E-state index in [4.69, 9.17) is 16.3 Å². The van der Waals surface area contributed by atoms with Gasteiger partial charge >= 0.3 is 5.97 Å². The lowest BCUT2D eigenvalue weighted by molar-refractivity contribution is 0.0675. The molecule has 19 heavy (non-hydrogen) atoms. The van der Waals surface area contributed by atoms with Crippen molar-refractivity contribution in [1.82, 2.24) is 0 Å². The molecule has 0 bridgehead atoms. The maximum absolute atomic E-state index is 11.2. The van der Waals surface area contributed by atoms with Crippen LogP contribution in [-0.2, 0) is 0 Å². The fourth-order valence-corrected chi connectivity index (χ4v) is 2.73. The Morgan fingerprint density at radius 3 is 2.68 bits per heavy atom. The Hall–Kier alpha value is -1.22. The molecule has 0 radical (unpaired) electrons. The number of aromatic carboxylic acids is 1. The number of hydrogen-bond acceptors (Lipinski definition) is 2. The molecule has 1 N–H and O–H groups in total. The van der Waals surface area contributed by atoms with Crippen molar-refractivity contribution in [1.29, 1.82) is 0 Å². The number of carbonyl (C=O) groups is 1. The number of carboxylic acids is 1. The fraction of sp³-hybridized carbons (Fsp3) is 0.533. The first-order valence-electron chi connectivity index (χ1n) is 6.67. The molecule has 1 aliphatic rings. The van der Waals surface area contributed by atoms with Crippen LogP contribution in [0.2, 0.25) is 5.02 Å². The van der Waals surface area contributed by atoms with Crippen molar-refractivity contribution >= 4 is 17.6 Å². The second-order valence-electron chi connectivity index (χ2n) is 5.45. The molecule has 0 amide bonds. The lowest BCUT2D eigenvalue weighted by Gasteiger charge is -2.32. The smallest absolute Gasteiger partial charge is 0.339 e. The number of hydrogen-bond donors (Lipinski definition) is 1. The first-order valence-corrected chi connectivity index (χ1v) is 7.04. The van der Waals surface area contributed by atoms with E-state index in [1.807, 2.05) is 0 Å². The lowest BCUT2D eigenvalue weighted by atomic mass is 9.80. The Morgan fingerprint density at radius 1 is 1.32 bits per heavy atom. The van der Waals surface area contributed by atoms with E-state index in [2.05, 4.69) is 13.8 Å². The van der Waals surface area contributed by atoms with Crippen LogP contribution in [0.5, 0.6) is 5.75 Å². The molecule has 0 heterocycles. The first kappa shape index (κ1) is 14.2. The SMILES string of the molecule is CC1CCC(Oc2ccc(Cl)cc2C(=O)O)CC1C. The summed E-state index contributed by atoms with van der Waals surface area (Å²) in [6.07, 6.45) is 3.18. The van der Waals surface area contributed by atoms with Crippen LogP contribution in [-0.4, -0.2) is 17.2 Å². The monoisotopic (exact) mass is 282 g/mol. The van der Waals surface area contributed by atoms with Crippen LogP contribution in [0, 0.1) is 11.8 Å². The standard InChI is InChI=1S/C15H19ClO3/c1-9-3-5-12(7-10(9)2)19-14-6-4-11(16)8-13(14)15(17)18/h4,6,8-10,12H,3,5,7H2,1-2H3,(H,17,18). The van der Waals surface area contributed by atoms with E-state index in [-0.39, 0.29) is 11.7 Å². The molecule has 1 saturated carbocycles. The highest BCUT2D eigenvalue weighted by Crippen LogP contribution is 2.33. The topological polar surface area (TPSA) is 46.5 Å². The van der Waals surface area contributed by atoms with Gasteiger partial charge in [-0.3, -0.25) is 0 Å². The Morgan fingerprint density at radius 2 is 2.05 bits per heavy atom. The lowest BCUT2D eigenvalue weighted by Crippen LogP contribution is -2.29. The summed E-state index contributed by atoms with van der Waals surface area (Å²) < 4.78 is 5.88. The quantitative estimate of drug-likeness (QED) is 0.902. The van der Waals surface area contributed by atoms with Crippen LogP contribution >= 0.6 is 11.6 Å². The summed E-state index contributed by atoms with van der Waals surface area (Å²) in [6, 6.07) is 4.75. The van der Waals surface area contributed by atoms with Crippen molar-refractivity contribution in [2.24, 2.45) is 11.8 Å². The zero-order valence-corrected chi connectivity index (χ0v) is 12.0. The van der Waals surface area contributed by atoms with Gasteiger partial charge < -0.3 is 9.84 Å². The van der Waals surface area contributed by atoms with Crippen molar-refractivity contribution in [2.45, 2.75) is 39.2 Å². The van der Waals surface area contributed by atoms with Crippen LogP contribution in [0.3, 0.4) is 0 Å². The average molecular weight is 283 g/mol. The van der Waals surface area contributed by atoms with Crippen molar-refractivity contribution in [2.75, 3.05) is 0 Å². The second-order valence-corrected chi connectivity index (χ2v) is 5.89. The number of rotatable bonds is 3. The zero-order valence-electron chi connectivity index (χ0n) is 11.2. The highest BCUT2D eigenvalue weighted by molar-refractivity contribution is 6.31. The van der Waals surface area contributed by atoms with Gasteiger partial charge in [0.05, 0.1) is 6.10 Å². The van der Waals surface area contributed by atoms with Gasteiger partial charge in [-0.05, 0) is 49.3 Å². The number of halogens is 1. The van der Waals surface area contributed by atoms with Gasteiger partial charge in [-0.25, -0.2) is 4.79 Å². The molecule has 3 nitrogen and oxygen atoms in total. The molecule has 0 aromatic heterocycles. The Labute approximate surface area is 118 Å². The normalized spacial score (nSPS) is 27.0. The molecule has 0 saturated heterocycles. The molecule has 2 rings (SSSR count). The third-order valence-electron chi connectivity index (χ3n) is 4.02. The molecule has 1 aliphatic carbocycles. The molecular weight excluding hydrogens is 264 g/mol. The van der Waals surface area contributed by atoms with E-state index in [9.17, 15) is 9.90 Å². The van der Waals surface area contributed by atoms with E-state index >= 15 is 0 Å². The number of ether oxygens (including phenoxy) is 1. The van der Waals surface area contributed by atoms with Gasteiger partial charge in [0.25, 0.3) is 0 Å². The fourth-order valence-electron chi connectivity index (χ4n) is 2.56. The minimum Gasteiger partial charge on any atom is -0.490 e. The molecule has 1 aromatic carbocycles. The summed E-state index contributed by atoms with van der Waals surface area (Å²) in [6.45, 7) is 4.48. The number of benzene rings is 1. The van der Waals surface area contributed by atoms with Crippen molar-refractivity contribution in [3.63, 3.8) is 0 Å². The molecular formula is C15H19ClO3. The van der Waals surface area contributed by atoms with E-state index < -0.39 is 5.97 Å². The molecule has 104 valence electrons. The van der Waals surface area contributed by atoms with Crippen LogP contribution < -0.4 is 4.74 Å². The zero-order chi connectivity index (χ0) is 14.0. The molecule has 0 spiro atoms. The van der Waals surface area contributed by atoms with Crippen molar-refractivity contribution < 1.29 is 14.6 Å². The Bertz CT molecular complexity index is 472. The second kappa shape index (κ2) is 5.83. The maximum Gasteiger partial charge on any atom is 0.339 e. The van der Waals surface area contributed by atoms with Gasteiger partial charge in [-0.2, -0.15) is 0 Å². The third-order valence-corrected chi connectivity index (χ3v) is 4.25. The summed E-state index contributed by atoms with van der Waals surface area (Å²) >= 11 is 5.83. The predicted molar refractivity (Wildman–Crippen MR) is 75.0 cm³/mol. The third kappa shape index (κ3) is 3.41. The van der Waals surface area contributed by atoms with Crippen molar-refractivity contribution in [3.8, 4) is 5.75 Å². The van der Waals surface area contributed by atoms with E-state index in [0.29, 0.717) is 22.6 Å². The van der Waals surface area contributed by atoms with Crippen LogP contribution in [0.25, 0.3) is 0 Å². The first-order chi connectivity index (χ1) is 8.97. The number of carboxylic acid groups (broad SMARTS) is 1. The van der Waals surface area contributed by atoms with Gasteiger partial charge in [0.15, 0.2) is 0 Å². The van der Waals surface area contributed by atoms with Crippen LogP contribution in [0.15, 0.2) is 18.2 Å². The summed E-state index contributed by atoms with van der Waals surface area (Å²) in [4.78, 5) is 11.2. The Kier molecular flexibility index (Phi) is 4.35. The minimum absolute atomic E-state index is 0.102. The van der Waals surface area contributed by atoms with Crippen LogP contribution in [0.1, 0.15) is 43.5 Å². The molecule has 1 fully saturated rings. The summed E-state index contributed by atoms with van der Waals surface area (Å²) in [7, 11) is 0. The molecule has 0 aliphatic heterocycles. The molecule has 3 atom stereocenters. The maximum atomic E-state index is 11.2. The molecule has 1 aromatic rings. The van der Waals surface area contributed by atoms with Gasteiger partial charge in [-0.1, -0.05) is 25.4 Å². The minimum atomic E-state index is -1.00. The summed E-state index contributed by atoms with van der Waals surface area (Å²) in [5, 5.41) is 9.59. The van der Waals surface area contributed by atoms with Gasteiger partial charge in [0, 0.05) is 5.02 Å².